The maximum Gasteiger partial charge on any atom is 0.0907 e. The molecule has 2 atom stereocenters. The molecular formula is C12H22O2. The molecule has 0 aromatic carbocycles. The molecule has 0 aromatic rings. The Hall–Kier alpha value is -0.520. The van der Waals surface area contributed by atoms with Gasteiger partial charge in [0, 0.05) is 12.3 Å². The largest absolute Gasteiger partial charge is 0.394 e. The summed E-state index contributed by atoms with van der Waals surface area (Å²) in [6.45, 7) is 4.01. The van der Waals surface area contributed by atoms with Gasteiger partial charge in [0.25, 0.3) is 0 Å². The number of hydrogen-bond acceptors (Lipinski definition) is 2. The molecule has 0 unspecified atom stereocenters. The van der Waals surface area contributed by atoms with Crippen molar-refractivity contribution in [2.75, 3.05) is 6.61 Å². The summed E-state index contributed by atoms with van der Waals surface area (Å²) in [5.74, 6) is 6.06. The van der Waals surface area contributed by atoms with Crippen LogP contribution in [0.25, 0.3) is 0 Å². The predicted octanol–water partition coefficient (Wildman–Crippen LogP) is 1.95. The minimum atomic E-state index is -0.677. The van der Waals surface area contributed by atoms with Crippen LogP contribution in [0.15, 0.2) is 0 Å². The maximum atomic E-state index is 9.45. The molecule has 0 aliphatic heterocycles. The molecule has 0 spiro atoms. The van der Waals surface area contributed by atoms with Crippen LogP contribution in [0.4, 0.5) is 0 Å². The Labute approximate surface area is 87.3 Å². The van der Waals surface area contributed by atoms with Gasteiger partial charge in [-0.3, -0.25) is 0 Å². The highest BCUT2D eigenvalue weighted by Gasteiger charge is 2.14. The van der Waals surface area contributed by atoms with Crippen molar-refractivity contribution in [3.8, 4) is 11.8 Å². The Bertz CT molecular complexity index is 178. The molecule has 0 aliphatic carbocycles. The summed E-state index contributed by atoms with van der Waals surface area (Å²) >= 11 is 0. The molecule has 0 heterocycles. The third-order valence-corrected chi connectivity index (χ3v) is 2.19. The van der Waals surface area contributed by atoms with Crippen molar-refractivity contribution in [3.05, 3.63) is 0 Å². The van der Waals surface area contributed by atoms with E-state index >= 15 is 0 Å². The number of aliphatic hydroxyl groups is 2. The van der Waals surface area contributed by atoms with Crippen molar-refractivity contribution in [3.63, 3.8) is 0 Å². The molecule has 0 saturated carbocycles. The third kappa shape index (κ3) is 6.01. The zero-order chi connectivity index (χ0) is 10.8. The summed E-state index contributed by atoms with van der Waals surface area (Å²) in [7, 11) is 0. The fourth-order valence-corrected chi connectivity index (χ4v) is 1.27. The quantitative estimate of drug-likeness (QED) is 0.506. The number of aliphatic hydroxyl groups excluding tert-OH is 2. The average Bonchev–Trinajstić information content (AvgIpc) is 2.21. The van der Waals surface area contributed by atoms with Crippen molar-refractivity contribution >= 4 is 0 Å². The molecule has 0 saturated heterocycles. The van der Waals surface area contributed by atoms with Gasteiger partial charge in [-0.1, -0.05) is 32.6 Å². The Kier molecular flexibility index (Phi) is 8.72. The molecule has 0 aromatic heterocycles. The molecule has 0 aliphatic rings. The molecule has 0 radical (unpaired) electrons. The Morgan fingerprint density at radius 3 is 2.43 bits per heavy atom. The van der Waals surface area contributed by atoms with E-state index in [9.17, 15) is 5.11 Å². The standard InChI is InChI=1S/C12H22O2/c1-3-5-6-7-9-11(8-4-2)12(14)10-13/h11-14H,3-6,8,10H2,1-2H3/t11-,12+/m0/s1. The highest BCUT2D eigenvalue weighted by Crippen LogP contribution is 2.10. The van der Waals surface area contributed by atoms with Crippen molar-refractivity contribution in [1.82, 2.24) is 0 Å². The van der Waals surface area contributed by atoms with Crippen molar-refractivity contribution in [2.24, 2.45) is 5.92 Å². The molecule has 0 amide bonds. The van der Waals surface area contributed by atoms with Crippen molar-refractivity contribution < 1.29 is 10.2 Å². The topological polar surface area (TPSA) is 40.5 Å². The smallest absolute Gasteiger partial charge is 0.0907 e. The minimum absolute atomic E-state index is 0.0538. The fraction of sp³-hybridized carbons (Fsp3) is 0.833. The lowest BCUT2D eigenvalue weighted by molar-refractivity contribution is 0.0630. The second-order valence-electron chi connectivity index (χ2n) is 3.57. The van der Waals surface area contributed by atoms with Gasteiger partial charge in [-0.2, -0.15) is 0 Å². The number of rotatable bonds is 6. The first-order chi connectivity index (χ1) is 6.76. The van der Waals surface area contributed by atoms with Gasteiger partial charge in [-0.05, 0) is 12.8 Å². The van der Waals surface area contributed by atoms with Crippen molar-refractivity contribution in [2.45, 2.75) is 52.1 Å². The third-order valence-electron chi connectivity index (χ3n) is 2.19. The number of unbranched alkanes of at least 4 members (excludes halogenated alkanes) is 2. The zero-order valence-electron chi connectivity index (χ0n) is 9.29. The number of hydrogen-bond donors (Lipinski definition) is 2. The van der Waals surface area contributed by atoms with Crippen LogP contribution in [0, 0.1) is 17.8 Å². The summed E-state index contributed by atoms with van der Waals surface area (Å²) in [4.78, 5) is 0. The molecule has 0 fully saturated rings. The van der Waals surface area contributed by atoms with Crippen LogP contribution in [0.2, 0.25) is 0 Å². The van der Waals surface area contributed by atoms with Crippen LogP contribution in [-0.4, -0.2) is 22.9 Å². The van der Waals surface area contributed by atoms with E-state index in [1.54, 1.807) is 0 Å². The fourth-order valence-electron chi connectivity index (χ4n) is 1.27. The first-order valence-electron chi connectivity index (χ1n) is 5.53. The van der Waals surface area contributed by atoms with Crippen molar-refractivity contribution in [1.29, 1.82) is 0 Å². The molecular weight excluding hydrogens is 176 g/mol. The molecule has 2 N–H and O–H groups in total. The average molecular weight is 198 g/mol. The molecule has 14 heavy (non-hydrogen) atoms. The first-order valence-corrected chi connectivity index (χ1v) is 5.53. The second kappa shape index (κ2) is 9.05. The maximum absolute atomic E-state index is 9.45. The summed E-state index contributed by atoms with van der Waals surface area (Å²) in [5, 5.41) is 18.3. The predicted molar refractivity (Wildman–Crippen MR) is 58.8 cm³/mol. The van der Waals surface area contributed by atoms with E-state index in [2.05, 4.69) is 25.7 Å². The van der Waals surface area contributed by atoms with Crippen LogP contribution >= 0.6 is 0 Å². The Balaban J connectivity index is 3.97. The van der Waals surface area contributed by atoms with E-state index < -0.39 is 6.10 Å². The highest BCUT2D eigenvalue weighted by atomic mass is 16.3. The molecule has 82 valence electrons. The molecule has 2 nitrogen and oxygen atoms in total. The summed E-state index contributed by atoms with van der Waals surface area (Å²) in [6, 6.07) is 0. The van der Waals surface area contributed by atoms with Gasteiger partial charge in [-0.15, -0.1) is 5.92 Å². The van der Waals surface area contributed by atoms with E-state index in [4.69, 9.17) is 5.11 Å². The van der Waals surface area contributed by atoms with Crippen LogP contribution in [0.3, 0.4) is 0 Å². The SMILES string of the molecule is CCCCC#C[C@H](CCC)[C@H](O)CO. The van der Waals surface area contributed by atoms with Crippen LogP contribution in [-0.2, 0) is 0 Å². The van der Waals surface area contributed by atoms with E-state index in [1.165, 1.54) is 0 Å². The van der Waals surface area contributed by atoms with E-state index in [0.717, 1.165) is 32.1 Å². The normalized spacial score (nSPS) is 14.3. The van der Waals surface area contributed by atoms with Crippen LogP contribution < -0.4 is 0 Å². The van der Waals surface area contributed by atoms with Crippen LogP contribution in [0.1, 0.15) is 46.0 Å². The first kappa shape index (κ1) is 13.5. The van der Waals surface area contributed by atoms with E-state index in [-0.39, 0.29) is 12.5 Å². The molecule has 0 rings (SSSR count). The van der Waals surface area contributed by atoms with Gasteiger partial charge in [0.2, 0.25) is 0 Å². The van der Waals surface area contributed by atoms with Crippen LogP contribution in [0.5, 0.6) is 0 Å². The zero-order valence-corrected chi connectivity index (χ0v) is 9.29. The second-order valence-corrected chi connectivity index (χ2v) is 3.57. The Morgan fingerprint density at radius 2 is 1.93 bits per heavy atom. The van der Waals surface area contributed by atoms with Gasteiger partial charge in [0.15, 0.2) is 0 Å². The van der Waals surface area contributed by atoms with Gasteiger partial charge >= 0.3 is 0 Å². The van der Waals surface area contributed by atoms with Gasteiger partial charge in [-0.25, -0.2) is 0 Å². The summed E-state index contributed by atoms with van der Waals surface area (Å²) < 4.78 is 0. The molecule has 2 heteroatoms. The lowest BCUT2D eigenvalue weighted by atomic mass is 9.98. The summed E-state index contributed by atoms with van der Waals surface area (Å²) in [6.07, 6.45) is 4.33. The van der Waals surface area contributed by atoms with Gasteiger partial charge in [0.1, 0.15) is 0 Å². The highest BCUT2D eigenvalue weighted by molar-refractivity contribution is 5.05. The summed E-state index contributed by atoms with van der Waals surface area (Å²) in [5.41, 5.74) is 0. The van der Waals surface area contributed by atoms with E-state index in [0.29, 0.717) is 0 Å². The minimum Gasteiger partial charge on any atom is -0.394 e. The lowest BCUT2D eigenvalue weighted by Gasteiger charge is -2.14. The van der Waals surface area contributed by atoms with Gasteiger partial charge in [0.05, 0.1) is 12.7 Å². The van der Waals surface area contributed by atoms with Gasteiger partial charge < -0.3 is 10.2 Å². The Morgan fingerprint density at radius 1 is 1.21 bits per heavy atom. The lowest BCUT2D eigenvalue weighted by Crippen LogP contribution is -2.22. The monoisotopic (exact) mass is 198 g/mol. The van der Waals surface area contributed by atoms with E-state index in [1.807, 2.05) is 0 Å². The molecule has 0 bridgehead atoms.